The van der Waals surface area contributed by atoms with Gasteiger partial charge < -0.3 is 0 Å². The molecule has 3 aromatic heterocycles. The van der Waals surface area contributed by atoms with E-state index in [4.69, 9.17) is 15.0 Å². The van der Waals surface area contributed by atoms with Crippen LogP contribution in [0.5, 0.6) is 0 Å². The molecular weight excluding hydrogens is 512 g/mol. The molecule has 0 amide bonds. The van der Waals surface area contributed by atoms with Gasteiger partial charge in [0.05, 0.1) is 22.2 Å². The fourth-order valence-electron chi connectivity index (χ4n) is 7.04. The fraction of sp³-hybridized carbons (Fsp3) is 0.0789. The van der Waals surface area contributed by atoms with Gasteiger partial charge in [0.2, 0.25) is 0 Å². The molecule has 0 bridgehead atoms. The fourth-order valence-corrected chi connectivity index (χ4v) is 7.04. The van der Waals surface area contributed by atoms with Crippen LogP contribution in [0.1, 0.15) is 25.0 Å². The highest BCUT2D eigenvalue weighted by molar-refractivity contribution is 6.13. The van der Waals surface area contributed by atoms with E-state index in [2.05, 4.69) is 128 Å². The number of fused-ring (bicyclic) bond motifs is 8. The molecule has 0 saturated heterocycles. The third-order valence-electron chi connectivity index (χ3n) is 9.00. The minimum atomic E-state index is -0.286. The van der Waals surface area contributed by atoms with Gasteiger partial charge in [-0.25, -0.2) is 9.97 Å². The molecule has 0 unspecified atom stereocenters. The SMILES string of the molecule is CC1(C)c2ccccc2-c2nc(-c3cccc4cccnc34)nc(-n3c4ccccc4c4cc5ccccc5cc43)c21. The molecule has 0 N–H and O–H groups in total. The van der Waals surface area contributed by atoms with Crippen LogP contribution in [0.3, 0.4) is 0 Å². The summed E-state index contributed by atoms with van der Waals surface area (Å²) in [5.41, 5.74) is 8.42. The van der Waals surface area contributed by atoms with E-state index >= 15 is 0 Å². The van der Waals surface area contributed by atoms with Crippen LogP contribution in [0.4, 0.5) is 0 Å². The number of para-hydroxylation sites is 2. The Morgan fingerprint density at radius 3 is 2.21 bits per heavy atom. The van der Waals surface area contributed by atoms with E-state index in [0.29, 0.717) is 5.82 Å². The van der Waals surface area contributed by atoms with E-state index in [1.54, 1.807) is 0 Å². The second kappa shape index (κ2) is 8.34. The number of hydrogen-bond donors (Lipinski definition) is 0. The molecule has 0 saturated carbocycles. The van der Waals surface area contributed by atoms with Crippen molar-refractivity contribution in [3.63, 3.8) is 0 Å². The van der Waals surface area contributed by atoms with Gasteiger partial charge in [-0.15, -0.1) is 0 Å². The second-order valence-electron chi connectivity index (χ2n) is 11.7. The smallest absolute Gasteiger partial charge is 0.164 e. The highest BCUT2D eigenvalue weighted by Gasteiger charge is 2.40. The highest BCUT2D eigenvalue weighted by Crippen LogP contribution is 2.51. The van der Waals surface area contributed by atoms with Crippen molar-refractivity contribution in [2.24, 2.45) is 0 Å². The van der Waals surface area contributed by atoms with E-state index < -0.39 is 0 Å². The molecule has 8 aromatic rings. The number of nitrogens with zero attached hydrogens (tertiary/aromatic N) is 4. The highest BCUT2D eigenvalue weighted by atomic mass is 15.1. The Hall–Kier alpha value is -5.35. The van der Waals surface area contributed by atoms with Gasteiger partial charge in [0.1, 0.15) is 5.82 Å². The number of hydrogen-bond acceptors (Lipinski definition) is 3. The maximum absolute atomic E-state index is 5.48. The Bertz CT molecular complexity index is 2390. The van der Waals surface area contributed by atoms with Gasteiger partial charge in [-0.05, 0) is 46.7 Å². The molecule has 42 heavy (non-hydrogen) atoms. The first-order valence-corrected chi connectivity index (χ1v) is 14.4. The summed E-state index contributed by atoms with van der Waals surface area (Å²) in [5.74, 6) is 1.61. The lowest BCUT2D eigenvalue weighted by atomic mass is 9.82. The van der Waals surface area contributed by atoms with Gasteiger partial charge in [-0.1, -0.05) is 98.8 Å². The van der Waals surface area contributed by atoms with Crippen LogP contribution >= 0.6 is 0 Å². The molecule has 0 aliphatic heterocycles. The van der Waals surface area contributed by atoms with Crippen LogP contribution in [0.15, 0.2) is 121 Å². The van der Waals surface area contributed by atoms with Crippen molar-refractivity contribution in [2.75, 3.05) is 0 Å². The van der Waals surface area contributed by atoms with Gasteiger partial charge in [-0.3, -0.25) is 9.55 Å². The number of aromatic nitrogens is 4. The molecule has 9 rings (SSSR count). The molecule has 3 heterocycles. The summed E-state index contributed by atoms with van der Waals surface area (Å²) in [7, 11) is 0. The predicted octanol–water partition coefficient (Wildman–Crippen LogP) is 9.25. The number of rotatable bonds is 2. The molecule has 0 fully saturated rings. The summed E-state index contributed by atoms with van der Waals surface area (Å²) < 4.78 is 2.37. The van der Waals surface area contributed by atoms with Crippen LogP contribution in [0.2, 0.25) is 0 Å². The summed E-state index contributed by atoms with van der Waals surface area (Å²) in [4.78, 5) is 15.6. The van der Waals surface area contributed by atoms with Gasteiger partial charge in [-0.2, -0.15) is 0 Å². The Morgan fingerprint density at radius 2 is 1.31 bits per heavy atom. The first-order valence-electron chi connectivity index (χ1n) is 14.4. The zero-order valence-corrected chi connectivity index (χ0v) is 23.3. The average Bonchev–Trinajstić information content (AvgIpc) is 3.47. The van der Waals surface area contributed by atoms with Crippen LogP contribution < -0.4 is 0 Å². The van der Waals surface area contributed by atoms with Crippen LogP contribution in [-0.4, -0.2) is 19.5 Å². The van der Waals surface area contributed by atoms with E-state index in [-0.39, 0.29) is 5.41 Å². The third-order valence-corrected chi connectivity index (χ3v) is 9.00. The van der Waals surface area contributed by atoms with Gasteiger partial charge in [0, 0.05) is 44.5 Å². The van der Waals surface area contributed by atoms with Crippen LogP contribution in [0, 0.1) is 0 Å². The molecule has 1 aliphatic rings. The van der Waals surface area contributed by atoms with Crippen molar-refractivity contribution in [3.8, 4) is 28.5 Å². The minimum Gasteiger partial charge on any atom is -0.293 e. The molecule has 5 aromatic carbocycles. The molecule has 4 heteroatoms. The largest absolute Gasteiger partial charge is 0.293 e. The molecule has 198 valence electrons. The molecule has 0 spiro atoms. The lowest BCUT2D eigenvalue weighted by Crippen LogP contribution is -2.19. The lowest BCUT2D eigenvalue weighted by Gasteiger charge is -2.24. The molecule has 0 atom stereocenters. The lowest BCUT2D eigenvalue weighted by molar-refractivity contribution is 0.650. The summed E-state index contributed by atoms with van der Waals surface area (Å²) in [5, 5.41) is 5.95. The number of pyridine rings is 1. The van der Waals surface area contributed by atoms with Crippen molar-refractivity contribution >= 4 is 43.5 Å². The van der Waals surface area contributed by atoms with E-state index in [0.717, 1.165) is 44.6 Å². The Morgan fingerprint density at radius 1 is 0.595 bits per heavy atom. The predicted molar refractivity (Wildman–Crippen MR) is 172 cm³/mol. The minimum absolute atomic E-state index is 0.286. The summed E-state index contributed by atoms with van der Waals surface area (Å²) in [6.45, 7) is 4.60. The van der Waals surface area contributed by atoms with Crippen LogP contribution in [0.25, 0.3) is 71.9 Å². The molecule has 1 aliphatic carbocycles. The maximum atomic E-state index is 5.48. The average molecular weight is 539 g/mol. The second-order valence-corrected chi connectivity index (χ2v) is 11.7. The van der Waals surface area contributed by atoms with Crippen molar-refractivity contribution < 1.29 is 0 Å². The molecule has 4 nitrogen and oxygen atoms in total. The van der Waals surface area contributed by atoms with Gasteiger partial charge >= 0.3 is 0 Å². The Balaban J connectivity index is 1.47. The topological polar surface area (TPSA) is 43.6 Å². The first kappa shape index (κ1) is 23.4. The number of benzene rings is 5. The molecular formula is C38H26N4. The van der Waals surface area contributed by atoms with Crippen molar-refractivity contribution in [3.05, 3.63) is 133 Å². The molecule has 0 radical (unpaired) electrons. The quantitative estimate of drug-likeness (QED) is 0.220. The van der Waals surface area contributed by atoms with E-state index in [9.17, 15) is 0 Å². The van der Waals surface area contributed by atoms with Crippen LogP contribution in [-0.2, 0) is 5.41 Å². The van der Waals surface area contributed by atoms with Gasteiger partial charge in [0.25, 0.3) is 0 Å². The normalized spacial score (nSPS) is 13.7. The van der Waals surface area contributed by atoms with E-state index in [1.165, 1.54) is 32.7 Å². The zero-order valence-electron chi connectivity index (χ0n) is 23.3. The summed E-state index contributed by atoms with van der Waals surface area (Å²) in [6, 6.07) is 40.9. The standard InChI is InChI=1S/C38H26N4/c1-38(2)30-18-7-5-16-27(30)35-33(38)37(41-36(40-35)28-17-9-13-23-14-10-20-39-34(23)28)42-31-19-8-6-15-26(31)29-21-24-11-3-4-12-25(24)22-32(29)42/h3-22H,1-2H3. The zero-order chi connectivity index (χ0) is 28.0. The summed E-state index contributed by atoms with van der Waals surface area (Å²) >= 11 is 0. The Labute approximate surface area is 242 Å². The summed E-state index contributed by atoms with van der Waals surface area (Å²) in [6.07, 6.45) is 1.84. The Kier molecular flexibility index (Phi) is 4.64. The van der Waals surface area contributed by atoms with Crippen molar-refractivity contribution in [1.82, 2.24) is 19.5 Å². The van der Waals surface area contributed by atoms with Gasteiger partial charge in [0.15, 0.2) is 5.82 Å². The monoisotopic (exact) mass is 538 g/mol. The van der Waals surface area contributed by atoms with Crippen molar-refractivity contribution in [1.29, 1.82) is 0 Å². The first-order chi connectivity index (χ1) is 20.6. The maximum Gasteiger partial charge on any atom is 0.164 e. The third kappa shape index (κ3) is 3.09. The van der Waals surface area contributed by atoms with E-state index in [1.807, 2.05) is 12.3 Å². The van der Waals surface area contributed by atoms with Crippen molar-refractivity contribution in [2.45, 2.75) is 19.3 Å².